The molecule has 2 nitrogen and oxygen atoms in total. The first-order valence-electron chi connectivity index (χ1n) is 7.36. The van der Waals surface area contributed by atoms with Gasteiger partial charge in [0.05, 0.1) is 0 Å². The predicted octanol–water partition coefficient (Wildman–Crippen LogP) is 5.16. The zero-order valence-corrected chi connectivity index (χ0v) is 14.2. The molecule has 0 aliphatic rings. The Morgan fingerprint density at radius 2 is 1.73 bits per heavy atom. The van der Waals surface area contributed by atoms with Gasteiger partial charge in [-0.3, -0.25) is 4.79 Å². The van der Waals surface area contributed by atoms with Crippen LogP contribution in [0.15, 0.2) is 48.5 Å². The number of hydrogen-bond donors (Lipinski definition) is 0. The number of rotatable bonds is 5. The monoisotopic (exact) mass is 335 g/mol. The molecular formula is C18H19Cl2NO. The van der Waals surface area contributed by atoms with Gasteiger partial charge in [0.1, 0.15) is 5.38 Å². The average Bonchev–Trinajstić information content (AvgIpc) is 2.55. The molecule has 0 fully saturated rings. The molecule has 0 aliphatic heterocycles. The Labute approximate surface area is 141 Å². The molecule has 2 aromatic carbocycles. The number of nitrogens with zero attached hydrogens (tertiary/aromatic N) is 1. The van der Waals surface area contributed by atoms with Gasteiger partial charge in [0.2, 0.25) is 5.91 Å². The van der Waals surface area contributed by atoms with E-state index in [1.165, 1.54) is 0 Å². The molecule has 0 saturated heterocycles. The molecule has 0 radical (unpaired) electrons. The molecule has 2 aromatic rings. The summed E-state index contributed by atoms with van der Waals surface area (Å²) in [5.74, 6) is -0.0878. The summed E-state index contributed by atoms with van der Waals surface area (Å²) in [4.78, 5) is 14.0. The highest BCUT2D eigenvalue weighted by molar-refractivity contribution is 6.34. The number of benzene rings is 2. The third-order valence-electron chi connectivity index (χ3n) is 3.66. The van der Waals surface area contributed by atoms with Gasteiger partial charge in [-0.1, -0.05) is 54.1 Å². The third-order valence-corrected chi connectivity index (χ3v) is 4.41. The molecule has 1 atom stereocenters. The van der Waals surface area contributed by atoms with Crippen LogP contribution in [0.5, 0.6) is 0 Å². The second-order valence-electron chi connectivity index (χ2n) is 4.98. The van der Waals surface area contributed by atoms with Gasteiger partial charge in [0, 0.05) is 23.7 Å². The van der Waals surface area contributed by atoms with Crippen LogP contribution in [0, 0.1) is 0 Å². The van der Waals surface area contributed by atoms with E-state index < -0.39 is 5.38 Å². The molecule has 0 aliphatic carbocycles. The van der Waals surface area contributed by atoms with E-state index in [1.54, 1.807) is 11.0 Å². The molecule has 0 N–H and O–H groups in total. The molecule has 4 heteroatoms. The Bertz CT molecular complexity index is 639. The van der Waals surface area contributed by atoms with Crippen LogP contribution in [0.25, 0.3) is 11.1 Å². The van der Waals surface area contributed by atoms with Crippen LogP contribution in [0.3, 0.4) is 0 Å². The summed E-state index contributed by atoms with van der Waals surface area (Å²) in [7, 11) is 0. The fourth-order valence-corrected chi connectivity index (χ4v) is 2.95. The molecular weight excluding hydrogens is 317 g/mol. The Hall–Kier alpha value is -1.51. The summed E-state index contributed by atoms with van der Waals surface area (Å²) < 4.78 is 0. The zero-order chi connectivity index (χ0) is 16.1. The normalized spacial score (nSPS) is 12.0. The lowest BCUT2D eigenvalue weighted by molar-refractivity contribution is -0.130. The quantitative estimate of drug-likeness (QED) is 0.691. The van der Waals surface area contributed by atoms with Crippen molar-refractivity contribution in [3.05, 3.63) is 59.1 Å². The van der Waals surface area contributed by atoms with Crippen molar-refractivity contribution in [3.63, 3.8) is 0 Å². The van der Waals surface area contributed by atoms with Crippen LogP contribution in [0.2, 0.25) is 5.02 Å². The van der Waals surface area contributed by atoms with Gasteiger partial charge in [0.25, 0.3) is 0 Å². The number of amides is 1. The summed E-state index contributed by atoms with van der Waals surface area (Å²) >= 11 is 12.7. The van der Waals surface area contributed by atoms with Gasteiger partial charge >= 0.3 is 0 Å². The minimum Gasteiger partial charge on any atom is -0.342 e. The van der Waals surface area contributed by atoms with Crippen LogP contribution in [-0.4, -0.2) is 23.9 Å². The van der Waals surface area contributed by atoms with Crippen molar-refractivity contribution in [2.75, 3.05) is 13.1 Å². The molecule has 0 bridgehead atoms. The fraction of sp³-hybridized carbons (Fsp3) is 0.278. The number of carbonyl (C=O) groups excluding carboxylic acids is 1. The lowest BCUT2D eigenvalue weighted by Crippen LogP contribution is -2.33. The Morgan fingerprint density at radius 1 is 1.09 bits per heavy atom. The summed E-state index contributed by atoms with van der Waals surface area (Å²) in [6.07, 6.45) is 0. The minimum absolute atomic E-state index is 0.0878. The first kappa shape index (κ1) is 16.9. The first-order valence-corrected chi connectivity index (χ1v) is 8.17. The highest BCUT2D eigenvalue weighted by Gasteiger charge is 2.22. The largest absolute Gasteiger partial charge is 0.342 e. The van der Waals surface area contributed by atoms with Crippen molar-refractivity contribution >= 4 is 29.1 Å². The van der Waals surface area contributed by atoms with E-state index in [1.807, 2.05) is 56.3 Å². The molecule has 0 heterocycles. The SMILES string of the molecule is CCN(CC)C(=O)C(Cl)c1ccc(-c2ccccc2)c(Cl)c1. The number of carbonyl (C=O) groups is 1. The van der Waals surface area contributed by atoms with Gasteiger partial charge in [-0.25, -0.2) is 0 Å². The lowest BCUT2D eigenvalue weighted by Gasteiger charge is -2.22. The summed E-state index contributed by atoms with van der Waals surface area (Å²) in [6.45, 7) is 5.18. The van der Waals surface area contributed by atoms with E-state index in [4.69, 9.17) is 23.2 Å². The van der Waals surface area contributed by atoms with E-state index in [2.05, 4.69) is 0 Å². The number of hydrogen-bond acceptors (Lipinski definition) is 1. The number of likely N-dealkylation sites (N-methyl/N-ethyl adjacent to an activating group) is 1. The van der Waals surface area contributed by atoms with Crippen LogP contribution in [0.4, 0.5) is 0 Å². The third kappa shape index (κ3) is 3.63. The highest BCUT2D eigenvalue weighted by atomic mass is 35.5. The molecule has 1 unspecified atom stereocenters. The van der Waals surface area contributed by atoms with Crippen LogP contribution < -0.4 is 0 Å². The lowest BCUT2D eigenvalue weighted by atomic mass is 10.0. The standard InChI is InChI=1S/C18H19Cl2NO/c1-3-21(4-2)18(22)17(20)14-10-11-15(16(19)12-14)13-8-6-5-7-9-13/h5-12,17H,3-4H2,1-2H3. The van der Waals surface area contributed by atoms with E-state index in [9.17, 15) is 4.79 Å². The molecule has 1 amide bonds. The Kier molecular flexibility index (Phi) is 5.87. The van der Waals surface area contributed by atoms with Crippen molar-refractivity contribution in [1.29, 1.82) is 0 Å². The number of alkyl halides is 1. The summed E-state index contributed by atoms with van der Waals surface area (Å²) in [6, 6.07) is 15.5. The molecule has 2 rings (SSSR count). The van der Waals surface area contributed by atoms with E-state index in [-0.39, 0.29) is 5.91 Å². The summed E-state index contributed by atoms with van der Waals surface area (Å²) in [5, 5.41) is -0.107. The molecule has 0 aromatic heterocycles. The predicted molar refractivity (Wildman–Crippen MR) is 93.4 cm³/mol. The van der Waals surface area contributed by atoms with Crippen LogP contribution in [-0.2, 0) is 4.79 Å². The van der Waals surface area contributed by atoms with Crippen LogP contribution >= 0.6 is 23.2 Å². The topological polar surface area (TPSA) is 20.3 Å². The second kappa shape index (κ2) is 7.66. The first-order chi connectivity index (χ1) is 10.6. The Balaban J connectivity index is 2.28. The number of halogens is 2. The maximum absolute atomic E-state index is 12.3. The van der Waals surface area contributed by atoms with Gasteiger partial charge in [-0.15, -0.1) is 11.6 Å². The minimum atomic E-state index is -0.706. The molecule has 116 valence electrons. The zero-order valence-electron chi connectivity index (χ0n) is 12.7. The van der Waals surface area contributed by atoms with E-state index >= 15 is 0 Å². The van der Waals surface area contributed by atoms with Crippen molar-refractivity contribution in [1.82, 2.24) is 4.90 Å². The second-order valence-corrected chi connectivity index (χ2v) is 5.82. The van der Waals surface area contributed by atoms with Crippen molar-refractivity contribution in [2.24, 2.45) is 0 Å². The van der Waals surface area contributed by atoms with E-state index in [0.717, 1.165) is 16.7 Å². The summed E-state index contributed by atoms with van der Waals surface area (Å²) in [5.41, 5.74) is 2.70. The highest BCUT2D eigenvalue weighted by Crippen LogP contribution is 2.32. The van der Waals surface area contributed by atoms with Crippen molar-refractivity contribution in [2.45, 2.75) is 19.2 Å². The van der Waals surface area contributed by atoms with Gasteiger partial charge in [-0.05, 0) is 31.0 Å². The molecule has 0 spiro atoms. The van der Waals surface area contributed by atoms with Crippen molar-refractivity contribution < 1.29 is 4.79 Å². The average molecular weight is 336 g/mol. The van der Waals surface area contributed by atoms with Gasteiger partial charge < -0.3 is 4.90 Å². The van der Waals surface area contributed by atoms with Gasteiger partial charge in [0.15, 0.2) is 0 Å². The van der Waals surface area contributed by atoms with Crippen molar-refractivity contribution in [3.8, 4) is 11.1 Å². The van der Waals surface area contributed by atoms with E-state index in [0.29, 0.717) is 18.1 Å². The maximum Gasteiger partial charge on any atom is 0.245 e. The molecule has 22 heavy (non-hydrogen) atoms. The smallest absolute Gasteiger partial charge is 0.245 e. The van der Waals surface area contributed by atoms with Crippen LogP contribution in [0.1, 0.15) is 24.8 Å². The molecule has 0 saturated carbocycles. The maximum atomic E-state index is 12.3. The van der Waals surface area contributed by atoms with Gasteiger partial charge in [-0.2, -0.15) is 0 Å². The Morgan fingerprint density at radius 3 is 2.27 bits per heavy atom. The fourth-order valence-electron chi connectivity index (χ4n) is 2.38.